The minimum atomic E-state index is -0.414. The number of piperidine rings is 1. The number of carbonyl (C=O) groups is 2. The van der Waals surface area contributed by atoms with Crippen LogP contribution in [-0.2, 0) is 22.6 Å². The maximum absolute atomic E-state index is 12.6. The van der Waals surface area contributed by atoms with E-state index >= 15 is 0 Å². The number of rotatable bonds is 9. The Bertz CT molecular complexity index is 879. The molecule has 0 radical (unpaired) electrons. The summed E-state index contributed by atoms with van der Waals surface area (Å²) in [4.78, 5) is 26.6. The molecule has 7 heteroatoms. The number of nitrogens with one attached hydrogen (secondary N) is 1. The van der Waals surface area contributed by atoms with Gasteiger partial charge in [0.2, 0.25) is 5.91 Å². The number of hydrogen-bond donors (Lipinski definition) is 1. The molecule has 0 aromatic heterocycles. The van der Waals surface area contributed by atoms with Gasteiger partial charge in [-0.05, 0) is 49.4 Å². The van der Waals surface area contributed by atoms with Gasteiger partial charge in [0.1, 0.15) is 6.61 Å². The van der Waals surface area contributed by atoms with E-state index in [0.717, 1.165) is 24.0 Å². The van der Waals surface area contributed by atoms with Gasteiger partial charge < -0.3 is 24.4 Å². The number of amides is 2. The minimum Gasteiger partial charge on any atom is -0.493 e. The lowest BCUT2D eigenvalue weighted by molar-refractivity contribution is -0.132. The molecule has 7 nitrogen and oxygen atoms in total. The highest BCUT2D eigenvalue weighted by atomic mass is 16.5. The van der Waals surface area contributed by atoms with Crippen molar-refractivity contribution < 1.29 is 23.8 Å². The quantitative estimate of drug-likeness (QED) is 0.639. The van der Waals surface area contributed by atoms with E-state index in [1.165, 1.54) is 0 Å². The zero-order valence-corrected chi connectivity index (χ0v) is 18.8. The van der Waals surface area contributed by atoms with Gasteiger partial charge in [0.25, 0.3) is 0 Å². The maximum atomic E-state index is 12.6. The van der Waals surface area contributed by atoms with Crippen LogP contribution in [-0.4, -0.2) is 49.7 Å². The normalized spacial score (nSPS) is 14.0. The smallest absolute Gasteiger partial charge is 0.407 e. The Kier molecular flexibility index (Phi) is 8.78. The van der Waals surface area contributed by atoms with Gasteiger partial charge in [-0.15, -0.1) is 0 Å². The molecule has 2 aromatic carbocycles. The number of aryl methyl sites for hydroxylation is 1. The first-order valence-electron chi connectivity index (χ1n) is 11.1. The Morgan fingerprint density at radius 3 is 2.47 bits per heavy atom. The fourth-order valence-corrected chi connectivity index (χ4v) is 3.76. The van der Waals surface area contributed by atoms with E-state index in [1.807, 2.05) is 60.4 Å². The molecule has 0 aliphatic carbocycles. The Hall–Kier alpha value is -3.22. The van der Waals surface area contributed by atoms with Crippen LogP contribution in [0.1, 0.15) is 37.3 Å². The number of carbonyl (C=O) groups excluding carboxylic acids is 2. The predicted molar refractivity (Wildman–Crippen MR) is 122 cm³/mol. The lowest BCUT2D eigenvalue weighted by Crippen LogP contribution is -2.46. The van der Waals surface area contributed by atoms with E-state index in [9.17, 15) is 9.59 Å². The van der Waals surface area contributed by atoms with Crippen LogP contribution in [0, 0.1) is 0 Å². The van der Waals surface area contributed by atoms with Crippen molar-refractivity contribution in [3.63, 3.8) is 0 Å². The number of nitrogens with zero attached hydrogens (tertiary/aromatic N) is 1. The summed E-state index contributed by atoms with van der Waals surface area (Å²) in [6.07, 6.45) is 2.12. The lowest BCUT2D eigenvalue weighted by atomic mass is 10.0. The standard InChI is InChI=1S/C25H32N2O5/c1-3-31-22-11-9-19(17-23(22)30-2)10-12-24(28)27-15-13-21(14-16-27)26-25(29)32-18-20-7-5-4-6-8-20/h4-9,11,17,21H,3,10,12-16,18H2,1-2H3,(H,26,29). The first-order chi connectivity index (χ1) is 15.6. The summed E-state index contributed by atoms with van der Waals surface area (Å²) in [5, 5.41) is 2.91. The van der Waals surface area contributed by atoms with Crippen LogP contribution in [0.3, 0.4) is 0 Å². The van der Waals surface area contributed by atoms with Gasteiger partial charge in [0.15, 0.2) is 11.5 Å². The molecule has 1 heterocycles. The Balaban J connectivity index is 1.38. The van der Waals surface area contributed by atoms with Gasteiger partial charge in [0, 0.05) is 25.6 Å². The SMILES string of the molecule is CCOc1ccc(CCC(=O)N2CCC(NC(=O)OCc3ccccc3)CC2)cc1OC. The molecule has 1 saturated heterocycles. The molecular weight excluding hydrogens is 408 g/mol. The summed E-state index contributed by atoms with van der Waals surface area (Å²) in [7, 11) is 1.61. The van der Waals surface area contributed by atoms with Crippen molar-refractivity contribution in [2.45, 2.75) is 45.3 Å². The van der Waals surface area contributed by atoms with E-state index in [-0.39, 0.29) is 18.6 Å². The van der Waals surface area contributed by atoms with Crippen LogP contribution in [0.2, 0.25) is 0 Å². The second-order valence-corrected chi connectivity index (χ2v) is 7.78. The van der Waals surface area contributed by atoms with Crippen LogP contribution in [0.15, 0.2) is 48.5 Å². The highest BCUT2D eigenvalue weighted by Gasteiger charge is 2.24. The molecule has 0 saturated carbocycles. The van der Waals surface area contributed by atoms with Crippen LogP contribution in [0.25, 0.3) is 0 Å². The number of alkyl carbamates (subject to hydrolysis) is 1. The van der Waals surface area contributed by atoms with Gasteiger partial charge in [-0.2, -0.15) is 0 Å². The Morgan fingerprint density at radius 2 is 1.78 bits per heavy atom. The number of ether oxygens (including phenoxy) is 3. The number of likely N-dealkylation sites (tertiary alicyclic amines) is 1. The molecule has 1 aliphatic heterocycles. The maximum Gasteiger partial charge on any atom is 0.407 e. The molecule has 172 valence electrons. The highest BCUT2D eigenvalue weighted by molar-refractivity contribution is 5.76. The molecule has 0 unspecified atom stereocenters. The van der Waals surface area contributed by atoms with Crippen LogP contribution >= 0.6 is 0 Å². The summed E-state index contributed by atoms with van der Waals surface area (Å²) in [5.74, 6) is 1.52. The van der Waals surface area contributed by atoms with Crippen molar-refractivity contribution in [1.82, 2.24) is 10.2 Å². The summed E-state index contributed by atoms with van der Waals surface area (Å²) in [6.45, 7) is 4.02. The molecule has 1 aliphatic rings. The third kappa shape index (κ3) is 6.90. The van der Waals surface area contributed by atoms with Gasteiger partial charge in [0.05, 0.1) is 13.7 Å². The zero-order valence-electron chi connectivity index (χ0n) is 18.8. The minimum absolute atomic E-state index is 0.0256. The lowest BCUT2D eigenvalue weighted by Gasteiger charge is -2.32. The van der Waals surface area contributed by atoms with E-state index < -0.39 is 6.09 Å². The molecule has 1 N–H and O–H groups in total. The third-order valence-corrected chi connectivity index (χ3v) is 5.54. The van der Waals surface area contributed by atoms with Gasteiger partial charge in [-0.3, -0.25) is 4.79 Å². The molecule has 2 aromatic rings. The summed E-state index contributed by atoms with van der Waals surface area (Å²) in [6, 6.07) is 15.4. The Labute approximate surface area is 189 Å². The van der Waals surface area contributed by atoms with E-state index in [4.69, 9.17) is 14.2 Å². The Morgan fingerprint density at radius 1 is 1.03 bits per heavy atom. The molecule has 0 spiro atoms. The van der Waals surface area contributed by atoms with E-state index in [2.05, 4.69) is 5.32 Å². The van der Waals surface area contributed by atoms with Crippen molar-refractivity contribution in [3.05, 3.63) is 59.7 Å². The summed E-state index contributed by atoms with van der Waals surface area (Å²) in [5.41, 5.74) is 1.99. The van der Waals surface area contributed by atoms with Crippen molar-refractivity contribution in [3.8, 4) is 11.5 Å². The van der Waals surface area contributed by atoms with Crippen LogP contribution in [0.5, 0.6) is 11.5 Å². The van der Waals surface area contributed by atoms with Crippen molar-refractivity contribution in [1.29, 1.82) is 0 Å². The largest absolute Gasteiger partial charge is 0.493 e. The molecule has 3 rings (SSSR count). The van der Waals surface area contributed by atoms with Crippen molar-refractivity contribution >= 4 is 12.0 Å². The van der Waals surface area contributed by atoms with Gasteiger partial charge in [-0.25, -0.2) is 4.79 Å². The van der Waals surface area contributed by atoms with E-state index in [1.54, 1.807) is 7.11 Å². The third-order valence-electron chi connectivity index (χ3n) is 5.54. The van der Waals surface area contributed by atoms with Crippen molar-refractivity contribution in [2.24, 2.45) is 0 Å². The second-order valence-electron chi connectivity index (χ2n) is 7.78. The number of hydrogen-bond acceptors (Lipinski definition) is 5. The molecule has 0 atom stereocenters. The first kappa shape index (κ1) is 23.4. The van der Waals surface area contributed by atoms with Gasteiger partial charge in [-0.1, -0.05) is 36.4 Å². The second kappa shape index (κ2) is 12.0. The van der Waals surface area contributed by atoms with Crippen LogP contribution in [0.4, 0.5) is 4.79 Å². The topological polar surface area (TPSA) is 77.1 Å². The van der Waals surface area contributed by atoms with Crippen LogP contribution < -0.4 is 14.8 Å². The van der Waals surface area contributed by atoms with Crippen molar-refractivity contribution in [2.75, 3.05) is 26.8 Å². The molecule has 0 bridgehead atoms. The summed E-state index contributed by atoms with van der Waals surface area (Å²) < 4.78 is 16.2. The average Bonchev–Trinajstić information content (AvgIpc) is 2.83. The number of methoxy groups -OCH3 is 1. The fourth-order valence-electron chi connectivity index (χ4n) is 3.76. The number of benzene rings is 2. The highest BCUT2D eigenvalue weighted by Crippen LogP contribution is 2.28. The first-order valence-corrected chi connectivity index (χ1v) is 11.1. The molecule has 1 fully saturated rings. The molecule has 2 amide bonds. The fraction of sp³-hybridized carbons (Fsp3) is 0.440. The zero-order chi connectivity index (χ0) is 22.8. The molecular formula is C25H32N2O5. The monoisotopic (exact) mass is 440 g/mol. The van der Waals surface area contributed by atoms with Gasteiger partial charge >= 0.3 is 6.09 Å². The van der Waals surface area contributed by atoms with E-state index in [0.29, 0.717) is 44.0 Å². The summed E-state index contributed by atoms with van der Waals surface area (Å²) >= 11 is 0. The average molecular weight is 441 g/mol. The molecule has 32 heavy (non-hydrogen) atoms. The predicted octanol–water partition coefficient (Wildman–Crippen LogP) is 3.94.